The molecule has 0 spiro atoms. The minimum absolute atomic E-state index is 0.0776. The number of rotatable bonds is 6. The molecule has 24 heavy (non-hydrogen) atoms. The lowest BCUT2D eigenvalue weighted by Gasteiger charge is -2.32. The molecular formula is C18H23N3OS2. The van der Waals surface area contributed by atoms with Gasteiger partial charge in [0.2, 0.25) is 5.91 Å². The Morgan fingerprint density at radius 1 is 1.42 bits per heavy atom. The van der Waals surface area contributed by atoms with Crippen molar-refractivity contribution >= 4 is 29.0 Å². The molecule has 1 amide bonds. The van der Waals surface area contributed by atoms with Crippen molar-refractivity contribution in [3.05, 3.63) is 51.5 Å². The molecule has 0 bridgehead atoms. The summed E-state index contributed by atoms with van der Waals surface area (Å²) in [5.74, 6) is 1.01. The lowest BCUT2D eigenvalue weighted by molar-refractivity contribution is -0.126. The van der Waals surface area contributed by atoms with Crippen LogP contribution in [0, 0.1) is 0 Å². The van der Waals surface area contributed by atoms with Crippen molar-refractivity contribution in [2.24, 2.45) is 0 Å². The first-order valence-electron chi connectivity index (χ1n) is 8.18. The third kappa shape index (κ3) is 4.18. The van der Waals surface area contributed by atoms with Crippen LogP contribution in [0.15, 0.2) is 29.6 Å². The van der Waals surface area contributed by atoms with Crippen molar-refractivity contribution in [1.29, 1.82) is 0 Å². The van der Waals surface area contributed by atoms with Gasteiger partial charge in [-0.2, -0.15) is 11.8 Å². The van der Waals surface area contributed by atoms with Gasteiger partial charge in [0.25, 0.3) is 0 Å². The van der Waals surface area contributed by atoms with Crippen LogP contribution in [0.1, 0.15) is 28.8 Å². The zero-order valence-electron chi connectivity index (χ0n) is 14.1. The van der Waals surface area contributed by atoms with Gasteiger partial charge in [0, 0.05) is 24.2 Å². The van der Waals surface area contributed by atoms with Crippen LogP contribution in [0.2, 0.25) is 0 Å². The van der Waals surface area contributed by atoms with Gasteiger partial charge in [0.1, 0.15) is 5.01 Å². The van der Waals surface area contributed by atoms with E-state index in [1.54, 1.807) is 23.1 Å². The predicted octanol–water partition coefficient (Wildman–Crippen LogP) is 3.07. The number of hydrogen-bond donors (Lipinski definition) is 1. The Labute approximate surface area is 151 Å². The van der Waals surface area contributed by atoms with Crippen molar-refractivity contribution in [2.75, 3.05) is 12.8 Å². The van der Waals surface area contributed by atoms with E-state index in [0.717, 1.165) is 36.0 Å². The fourth-order valence-corrected chi connectivity index (χ4v) is 4.47. The minimum atomic E-state index is -0.123. The summed E-state index contributed by atoms with van der Waals surface area (Å²) in [6, 6.07) is 8.38. The van der Waals surface area contributed by atoms with Crippen LogP contribution in [0.25, 0.3) is 0 Å². The summed E-state index contributed by atoms with van der Waals surface area (Å²) in [5.41, 5.74) is 3.70. The summed E-state index contributed by atoms with van der Waals surface area (Å²) in [6.07, 6.45) is 3.08. The number of nitrogens with zero attached hydrogens (tertiary/aromatic N) is 2. The summed E-state index contributed by atoms with van der Waals surface area (Å²) in [7, 11) is 0. The van der Waals surface area contributed by atoms with Gasteiger partial charge in [0.05, 0.1) is 18.3 Å². The summed E-state index contributed by atoms with van der Waals surface area (Å²) >= 11 is 3.43. The minimum Gasteiger partial charge on any atom is -0.349 e. The molecular weight excluding hydrogens is 338 g/mol. The van der Waals surface area contributed by atoms with Gasteiger partial charge < -0.3 is 5.32 Å². The SMILES string of the molecule is CSCc1nc(CNC(=O)[C@H](C)N2CCc3ccccc3C2)cs1. The van der Waals surface area contributed by atoms with Gasteiger partial charge in [-0.3, -0.25) is 9.69 Å². The maximum atomic E-state index is 12.5. The van der Waals surface area contributed by atoms with Gasteiger partial charge in [-0.15, -0.1) is 11.3 Å². The van der Waals surface area contributed by atoms with E-state index in [1.807, 2.05) is 12.3 Å². The van der Waals surface area contributed by atoms with E-state index in [-0.39, 0.29) is 11.9 Å². The molecule has 0 saturated heterocycles. The number of fused-ring (bicyclic) bond motifs is 1. The van der Waals surface area contributed by atoms with Gasteiger partial charge >= 0.3 is 0 Å². The Morgan fingerprint density at radius 2 is 2.21 bits per heavy atom. The first kappa shape index (κ1) is 17.5. The monoisotopic (exact) mass is 361 g/mol. The van der Waals surface area contributed by atoms with Crippen molar-refractivity contribution in [2.45, 2.75) is 38.2 Å². The molecule has 1 aliphatic rings. The smallest absolute Gasteiger partial charge is 0.237 e. The molecule has 1 aliphatic heterocycles. The van der Waals surface area contributed by atoms with E-state index in [9.17, 15) is 4.79 Å². The Bertz CT molecular complexity index is 701. The van der Waals surface area contributed by atoms with Crippen LogP contribution in [0.4, 0.5) is 0 Å². The Morgan fingerprint density at radius 3 is 3.00 bits per heavy atom. The topological polar surface area (TPSA) is 45.2 Å². The number of amides is 1. The summed E-state index contributed by atoms with van der Waals surface area (Å²) < 4.78 is 0. The fourth-order valence-electron chi connectivity index (χ4n) is 2.96. The molecule has 128 valence electrons. The zero-order chi connectivity index (χ0) is 16.9. The second-order valence-corrected chi connectivity index (χ2v) is 7.86. The lowest BCUT2D eigenvalue weighted by Crippen LogP contribution is -2.46. The van der Waals surface area contributed by atoms with E-state index < -0.39 is 0 Å². The second-order valence-electron chi connectivity index (χ2n) is 6.05. The van der Waals surface area contributed by atoms with Crippen LogP contribution in [-0.4, -0.2) is 34.6 Å². The second kappa shape index (κ2) is 8.14. The maximum Gasteiger partial charge on any atom is 0.237 e. The number of thioether (sulfide) groups is 1. The quantitative estimate of drug-likeness (QED) is 0.859. The molecule has 2 aromatic rings. The van der Waals surface area contributed by atoms with Crippen molar-refractivity contribution < 1.29 is 4.79 Å². The van der Waals surface area contributed by atoms with Crippen LogP contribution in [0.3, 0.4) is 0 Å². The zero-order valence-corrected chi connectivity index (χ0v) is 15.8. The average Bonchev–Trinajstić information content (AvgIpc) is 3.06. The molecule has 1 N–H and O–H groups in total. The average molecular weight is 362 g/mol. The molecule has 2 heterocycles. The molecule has 3 rings (SSSR count). The number of carbonyl (C=O) groups excluding carboxylic acids is 1. The summed E-state index contributed by atoms with van der Waals surface area (Å²) in [5, 5.41) is 6.19. The van der Waals surface area contributed by atoms with Crippen molar-refractivity contribution in [1.82, 2.24) is 15.2 Å². The first-order chi connectivity index (χ1) is 11.7. The van der Waals surface area contributed by atoms with Crippen LogP contribution < -0.4 is 5.32 Å². The number of hydrogen-bond acceptors (Lipinski definition) is 5. The van der Waals surface area contributed by atoms with Crippen molar-refractivity contribution in [3.63, 3.8) is 0 Å². The fraction of sp³-hybridized carbons (Fsp3) is 0.444. The molecule has 0 fully saturated rings. The van der Waals surface area contributed by atoms with Gasteiger partial charge in [-0.25, -0.2) is 4.98 Å². The van der Waals surface area contributed by atoms with Crippen LogP contribution >= 0.6 is 23.1 Å². The molecule has 0 unspecified atom stereocenters. The molecule has 1 atom stereocenters. The standard InChI is InChI=1S/C18H23N3OS2/c1-13(21-8-7-14-5-3-4-6-15(14)10-21)18(22)19-9-16-11-24-17(20-16)12-23-2/h3-6,11,13H,7-10,12H2,1-2H3,(H,19,22)/t13-/m0/s1. The molecule has 0 aliphatic carbocycles. The highest BCUT2D eigenvalue weighted by atomic mass is 32.2. The third-order valence-corrected chi connectivity index (χ3v) is 6.04. The number of nitrogens with one attached hydrogen (secondary N) is 1. The Kier molecular flexibility index (Phi) is 5.92. The van der Waals surface area contributed by atoms with Gasteiger partial charge in [-0.05, 0) is 30.7 Å². The highest BCUT2D eigenvalue weighted by molar-refractivity contribution is 7.97. The Balaban J connectivity index is 1.53. The summed E-state index contributed by atoms with van der Waals surface area (Å²) in [4.78, 5) is 19.3. The number of benzene rings is 1. The maximum absolute atomic E-state index is 12.5. The highest BCUT2D eigenvalue weighted by Crippen LogP contribution is 2.20. The summed E-state index contributed by atoms with van der Waals surface area (Å²) in [6.45, 7) is 4.28. The highest BCUT2D eigenvalue weighted by Gasteiger charge is 2.25. The van der Waals surface area contributed by atoms with Gasteiger partial charge in [0.15, 0.2) is 0 Å². The lowest BCUT2D eigenvalue weighted by atomic mass is 9.99. The van der Waals surface area contributed by atoms with E-state index in [1.165, 1.54) is 11.1 Å². The van der Waals surface area contributed by atoms with Crippen LogP contribution in [-0.2, 0) is 30.1 Å². The van der Waals surface area contributed by atoms with Crippen molar-refractivity contribution in [3.8, 4) is 0 Å². The molecule has 4 nitrogen and oxygen atoms in total. The normalized spacial score (nSPS) is 15.8. The predicted molar refractivity (Wildman–Crippen MR) is 101 cm³/mol. The molecule has 0 saturated carbocycles. The van der Waals surface area contributed by atoms with E-state index in [2.05, 4.69) is 45.7 Å². The molecule has 6 heteroatoms. The molecule has 1 aromatic carbocycles. The Hall–Kier alpha value is -1.37. The van der Waals surface area contributed by atoms with Gasteiger partial charge in [-0.1, -0.05) is 24.3 Å². The first-order valence-corrected chi connectivity index (χ1v) is 10.5. The van der Waals surface area contributed by atoms with E-state index in [4.69, 9.17) is 0 Å². The molecule has 1 aromatic heterocycles. The van der Waals surface area contributed by atoms with Crippen LogP contribution in [0.5, 0.6) is 0 Å². The van der Waals surface area contributed by atoms with E-state index in [0.29, 0.717) is 6.54 Å². The van der Waals surface area contributed by atoms with E-state index >= 15 is 0 Å². The largest absolute Gasteiger partial charge is 0.349 e. The third-order valence-electron chi connectivity index (χ3n) is 4.40. The molecule has 0 radical (unpaired) electrons. The number of carbonyl (C=O) groups is 1. The number of thiazole rings is 1. The number of aromatic nitrogens is 1.